The third-order valence-electron chi connectivity index (χ3n) is 0.931. The summed E-state index contributed by atoms with van der Waals surface area (Å²) in [6.45, 7) is 7.33. The van der Waals surface area contributed by atoms with E-state index in [0.717, 1.165) is 5.56 Å². The van der Waals surface area contributed by atoms with Crippen molar-refractivity contribution in [2.75, 3.05) is 0 Å². The monoisotopic (exact) mass is 139 g/mol. The number of H-pyrrole nitrogens is 1. The normalized spacial score (nSPS) is 7.80. The van der Waals surface area contributed by atoms with Gasteiger partial charge in [0.15, 0.2) is 0 Å². The third kappa shape index (κ3) is 2.40. The number of hydrogen-bond acceptors (Lipinski definition) is 1. The van der Waals surface area contributed by atoms with Crippen LogP contribution >= 0.6 is 0 Å². The first-order chi connectivity index (χ1) is 4.80. The van der Waals surface area contributed by atoms with Gasteiger partial charge in [0.2, 0.25) is 0 Å². The van der Waals surface area contributed by atoms with Crippen molar-refractivity contribution >= 4 is 5.76 Å². The zero-order valence-corrected chi connectivity index (χ0v) is 6.39. The first-order valence-corrected chi connectivity index (χ1v) is 3.32. The highest BCUT2D eigenvalue weighted by Crippen LogP contribution is 2.04. The van der Waals surface area contributed by atoms with E-state index >= 15 is 0 Å². The van der Waals surface area contributed by atoms with Gasteiger partial charge in [0.25, 0.3) is 0 Å². The van der Waals surface area contributed by atoms with Gasteiger partial charge in [-0.3, -0.25) is 0 Å². The van der Waals surface area contributed by atoms with Crippen LogP contribution in [0.3, 0.4) is 0 Å². The number of aromatic nitrogens is 1. The number of hydrogen-bond donors (Lipinski definition) is 2. The molecule has 0 fully saturated rings. The van der Waals surface area contributed by atoms with E-state index in [1.165, 1.54) is 0 Å². The topological polar surface area (TPSA) is 36.0 Å². The van der Waals surface area contributed by atoms with E-state index < -0.39 is 0 Å². The van der Waals surface area contributed by atoms with Crippen LogP contribution in [0.2, 0.25) is 0 Å². The molecule has 0 radical (unpaired) electrons. The lowest BCUT2D eigenvalue weighted by Gasteiger charge is -1.86. The molecule has 1 aromatic rings. The Hall–Kier alpha value is -1.18. The molecule has 0 unspecified atom stereocenters. The van der Waals surface area contributed by atoms with Crippen molar-refractivity contribution in [1.29, 1.82) is 0 Å². The van der Waals surface area contributed by atoms with Gasteiger partial charge in [-0.1, -0.05) is 20.4 Å². The van der Waals surface area contributed by atoms with Gasteiger partial charge >= 0.3 is 0 Å². The van der Waals surface area contributed by atoms with Crippen molar-refractivity contribution in [3.8, 4) is 0 Å². The molecule has 0 spiro atoms. The molecule has 0 atom stereocenters. The van der Waals surface area contributed by atoms with Crippen molar-refractivity contribution < 1.29 is 5.11 Å². The third-order valence-corrected chi connectivity index (χ3v) is 0.931. The molecule has 2 nitrogen and oxygen atoms in total. The molecule has 1 aromatic heterocycles. The molecule has 0 aliphatic rings. The number of aliphatic hydroxyl groups is 1. The maximum Gasteiger partial charge on any atom is 0.117 e. The molecule has 0 bridgehead atoms. The molecule has 10 heavy (non-hydrogen) atoms. The Morgan fingerprint density at radius 2 is 2.20 bits per heavy atom. The second-order valence-corrected chi connectivity index (χ2v) is 1.55. The predicted molar refractivity (Wildman–Crippen MR) is 43.8 cm³/mol. The van der Waals surface area contributed by atoms with Crippen molar-refractivity contribution in [1.82, 2.24) is 4.98 Å². The Kier molecular flexibility index (Phi) is 4.12. The molecular weight excluding hydrogens is 126 g/mol. The van der Waals surface area contributed by atoms with Crippen molar-refractivity contribution in [3.63, 3.8) is 0 Å². The van der Waals surface area contributed by atoms with Crippen LogP contribution in [0.4, 0.5) is 0 Å². The summed E-state index contributed by atoms with van der Waals surface area (Å²) in [5.74, 6) is 0.103. The first-order valence-electron chi connectivity index (χ1n) is 3.32. The van der Waals surface area contributed by atoms with Crippen LogP contribution in [0.25, 0.3) is 5.76 Å². The highest BCUT2D eigenvalue weighted by atomic mass is 16.3. The number of nitrogens with one attached hydrogen (secondary N) is 1. The van der Waals surface area contributed by atoms with Gasteiger partial charge < -0.3 is 10.1 Å². The van der Waals surface area contributed by atoms with Gasteiger partial charge in [0, 0.05) is 18.0 Å². The Balaban J connectivity index is 0.000000371. The van der Waals surface area contributed by atoms with Crippen molar-refractivity contribution in [3.05, 3.63) is 30.6 Å². The van der Waals surface area contributed by atoms with E-state index in [-0.39, 0.29) is 5.76 Å². The van der Waals surface area contributed by atoms with Gasteiger partial charge in [-0.15, -0.1) is 0 Å². The minimum atomic E-state index is 0.103. The molecule has 0 aliphatic heterocycles. The van der Waals surface area contributed by atoms with Crippen LogP contribution in [-0.2, 0) is 0 Å². The van der Waals surface area contributed by atoms with Crippen LogP contribution in [-0.4, -0.2) is 10.1 Å². The second-order valence-electron chi connectivity index (χ2n) is 1.55. The van der Waals surface area contributed by atoms with E-state index in [4.69, 9.17) is 5.11 Å². The Labute approximate surface area is 61.2 Å². The lowest BCUT2D eigenvalue weighted by Crippen LogP contribution is -1.71. The molecule has 2 N–H and O–H groups in total. The summed E-state index contributed by atoms with van der Waals surface area (Å²) in [6.07, 6.45) is 3.42. The van der Waals surface area contributed by atoms with Crippen LogP contribution in [0, 0.1) is 0 Å². The molecule has 2 heteroatoms. The standard InChI is InChI=1S/C6H7NO.C2H6/c1-5(8)6-2-3-7-4-6;1-2/h2-4,7-8H,1H2;1-2H3. The van der Waals surface area contributed by atoms with Gasteiger partial charge in [-0.05, 0) is 6.07 Å². The van der Waals surface area contributed by atoms with Crippen LogP contribution in [0.15, 0.2) is 25.0 Å². The molecule has 56 valence electrons. The lowest BCUT2D eigenvalue weighted by molar-refractivity contribution is 0.514. The van der Waals surface area contributed by atoms with Gasteiger partial charge in [-0.25, -0.2) is 0 Å². The molecule has 0 saturated heterocycles. The summed E-state index contributed by atoms with van der Waals surface area (Å²) in [6, 6.07) is 1.75. The summed E-state index contributed by atoms with van der Waals surface area (Å²) in [5.41, 5.74) is 0.741. The van der Waals surface area contributed by atoms with E-state index in [1.54, 1.807) is 18.5 Å². The fourth-order valence-electron chi connectivity index (χ4n) is 0.503. The maximum absolute atomic E-state index is 8.70. The van der Waals surface area contributed by atoms with E-state index in [9.17, 15) is 0 Å². The number of aliphatic hydroxyl groups excluding tert-OH is 1. The first kappa shape index (κ1) is 8.82. The van der Waals surface area contributed by atoms with Gasteiger partial charge in [0.1, 0.15) is 5.76 Å². The second kappa shape index (κ2) is 4.68. The van der Waals surface area contributed by atoms with E-state index in [0.29, 0.717) is 0 Å². The van der Waals surface area contributed by atoms with Gasteiger partial charge in [0.05, 0.1) is 0 Å². The number of aromatic amines is 1. The molecular formula is C8H13NO. The molecule has 0 saturated carbocycles. The Morgan fingerprint density at radius 1 is 1.60 bits per heavy atom. The average molecular weight is 139 g/mol. The summed E-state index contributed by atoms with van der Waals surface area (Å²) in [4.78, 5) is 2.79. The lowest BCUT2D eigenvalue weighted by atomic mass is 10.3. The number of rotatable bonds is 1. The summed E-state index contributed by atoms with van der Waals surface area (Å²) in [5, 5.41) is 8.70. The van der Waals surface area contributed by atoms with Crippen molar-refractivity contribution in [2.24, 2.45) is 0 Å². The quantitative estimate of drug-likeness (QED) is 0.576. The highest BCUT2D eigenvalue weighted by Gasteiger charge is 1.90. The summed E-state index contributed by atoms with van der Waals surface area (Å²) >= 11 is 0. The fraction of sp³-hybridized carbons (Fsp3) is 0.250. The average Bonchev–Trinajstić information content (AvgIpc) is 2.42. The minimum absolute atomic E-state index is 0.103. The Bertz CT molecular complexity index is 177. The molecule has 1 rings (SSSR count). The summed E-state index contributed by atoms with van der Waals surface area (Å²) < 4.78 is 0. The van der Waals surface area contributed by atoms with E-state index in [1.807, 2.05) is 13.8 Å². The Morgan fingerprint density at radius 3 is 2.40 bits per heavy atom. The minimum Gasteiger partial charge on any atom is -0.508 e. The zero-order chi connectivity index (χ0) is 7.98. The highest BCUT2D eigenvalue weighted by molar-refractivity contribution is 5.54. The van der Waals surface area contributed by atoms with E-state index in [2.05, 4.69) is 11.6 Å². The molecule has 0 amide bonds. The predicted octanol–water partition coefficient (Wildman–Crippen LogP) is 2.57. The summed E-state index contributed by atoms with van der Waals surface area (Å²) in [7, 11) is 0. The SMILES string of the molecule is C=C(O)c1cc[nH]c1.CC. The van der Waals surface area contributed by atoms with Crippen molar-refractivity contribution in [2.45, 2.75) is 13.8 Å². The smallest absolute Gasteiger partial charge is 0.117 e. The molecule has 0 aromatic carbocycles. The fourth-order valence-corrected chi connectivity index (χ4v) is 0.503. The van der Waals surface area contributed by atoms with Gasteiger partial charge in [-0.2, -0.15) is 0 Å². The van der Waals surface area contributed by atoms with Crippen LogP contribution in [0.1, 0.15) is 19.4 Å². The maximum atomic E-state index is 8.70. The van der Waals surface area contributed by atoms with Crippen LogP contribution < -0.4 is 0 Å². The largest absolute Gasteiger partial charge is 0.508 e. The van der Waals surface area contributed by atoms with Crippen LogP contribution in [0.5, 0.6) is 0 Å². The molecule has 0 aliphatic carbocycles. The zero-order valence-electron chi connectivity index (χ0n) is 6.39. The molecule has 1 heterocycles.